The Hall–Kier alpha value is -2.32. The predicted molar refractivity (Wildman–Crippen MR) is 104 cm³/mol. The second-order valence-corrected chi connectivity index (χ2v) is 7.96. The fourth-order valence-corrected chi connectivity index (χ4v) is 3.75. The zero-order valence-electron chi connectivity index (χ0n) is 16.6. The number of aromatic amines is 1. The van der Waals surface area contributed by atoms with Gasteiger partial charge in [-0.3, -0.25) is 5.10 Å². The van der Waals surface area contributed by atoms with E-state index < -0.39 is 54.4 Å². The Morgan fingerprint density at radius 3 is 2.56 bits per heavy atom. The summed E-state index contributed by atoms with van der Waals surface area (Å²) in [6.45, 7) is 0. The zero-order valence-corrected chi connectivity index (χ0v) is 17.4. The Morgan fingerprint density at radius 1 is 1.22 bits per heavy atom. The lowest BCUT2D eigenvalue weighted by atomic mass is 9.99. The summed E-state index contributed by atoms with van der Waals surface area (Å²) in [5.74, 6) is -2.21. The molecule has 2 heterocycles. The lowest BCUT2D eigenvalue weighted by Gasteiger charge is -2.38. The monoisotopic (exact) mass is 478 g/mol. The van der Waals surface area contributed by atoms with Crippen molar-refractivity contribution < 1.29 is 47.9 Å². The van der Waals surface area contributed by atoms with Crippen LogP contribution in [0.4, 0.5) is 13.2 Å². The predicted octanol–water partition coefficient (Wildman–Crippen LogP) is 1.21. The molecular weight excluding hydrogens is 457 g/mol. The number of hydrogen-bond acceptors (Lipinski definition) is 8. The van der Waals surface area contributed by atoms with E-state index in [9.17, 15) is 33.3 Å². The molecule has 5 atom stereocenters. The lowest BCUT2D eigenvalue weighted by Crippen LogP contribution is -2.61. The standard InChI is InChI=1S/C19H21F3N2O7S/c1-32-9-4-2-3-8(7-9)5-6-10-15(19(20,21)22)23-24-16(10)31-18-13(27)11(25)12(26)14(30-18)17(28)29/h2-4,7,11-14,18,25-27H,5-6H2,1H3,(H,23,24)(H,28,29)/t11-,12-,13+,14-,18-/m0/s1. The van der Waals surface area contributed by atoms with Crippen LogP contribution < -0.4 is 4.74 Å². The number of carbonyl (C=O) groups is 1. The molecule has 5 N–H and O–H groups in total. The molecule has 0 bridgehead atoms. The van der Waals surface area contributed by atoms with Gasteiger partial charge in [-0.05, 0) is 36.8 Å². The summed E-state index contributed by atoms with van der Waals surface area (Å²) in [4.78, 5) is 12.2. The molecule has 3 rings (SSSR count). The normalized spacial score (nSPS) is 26.2. The number of carboxylic acid groups (broad SMARTS) is 1. The number of aliphatic carboxylic acids is 1. The molecule has 1 saturated heterocycles. The van der Waals surface area contributed by atoms with Gasteiger partial charge in [-0.1, -0.05) is 12.1 Å². The summed E-state index contributed by atoms with van der Waals surface area (Å²) in [7, 11) is 0. The number of carboxylic acids is 1. The molecule has 1 fully saturated rings. The number of aryl methyl sites for hydroxylation is 1. The van der Waals surface area contributed by atoms with E-state index in [1.165, 1.54) is 11.8 Å². The highest BCUT2D eigenvalue weighted by Gasteiger charge is 2.49. The molecule has 0 saturated carbocycles. The first-order valence-corrected chi connectivity index (χ1v) is 10.6. The summed E-state index contributed by atoms with van der Waals surface area (Å²) in [6.07, 6.45) is -12.5. The van der Waals surface area contributed by atoms with Gasteiger partial charge in [-0.2, -0.15) is 13.2 Å². The summed E-state index contributed by atoms with van der Waals surface area (Å²) in [6, 6.07) is 7.24. The van der Waals surface area contributed by atoms with Crippen LogP contribution >= 0.6 is 11.8 Å². The third-order valence-corrected chi connectivity index (χ3v) is 5.68. The largest absolute Gasteiger partial charge is 0.479 e. The Morgan fingerprint density at radius 2 is 1.94 bits per heavy atom. The van der Waals surface area contributed by atoms with Crippen molar-refractivity contribution in [1.29, 1.82) is 0 Å². The number of halogens is 3. The first-order chi connectivity index (χ1) is 15.0. The summed E-state index contributed by atoms with van der Waals surface area (Å²) >= 11 is 1.48. The maximum Gasteiger partial charge on any atom is 0.433 e. The van der Waals surface area contributed by atoms with Gasteiger partial charge in [0, 0.05) is 10.5 Å². The van der Waals surface area contributed by atoms with Gasteiger partial charge in [0.25, 0.3) is 0 Å². The number of aliphatic hydroxyl groups is 3. The molecule has 0 aliphatic carbocycles. The minimum absolute atomic E-state index is 0.144. The lowest BCUT2D eigenvalue weighted by molar-refractivity contribution is -0.271. The summed E-state index contributed by atoms with van der Waals surface area (Å²) in [5.41, 5.74) is -0.736. The number of nitrogens with zero attached hydrogens (tertiary/aromatic N) is 1. The van der Waals surface area contributed by atoms with E-state index in [-0.39, 0.29) is 18.4 Å². The van der Waals surface area contributed by atoms with Crippen molar-refractivity contribution in [2.75, 3.05) is 6.26 Å². The van der Waals surface area contributed by atoms with Crippen LogP contribution in [0.2, 0.25) is 0 Å². The zero-order chi connectivity index (χ0) is 23.6. The maximum absolute atomic E-state index is 13.5. The fraction of sp³-hybridized carbons (Fsp3) is 0.474. The van der Waals surface area contributed by atoms with Crippen LogP contribution in [0.3, 0.4) is 0 Å². The van der Waals surface area contributed by atoms with Crippen molar-refractivity contribution in [1.82, 2.24) is 10.2 Å². The second kappa shape index (κ2) is 9.67. The Labute approximate surface area is 184 Å². The molecule has 1 aromatic heterocycles. The molecule has 0 unspecified atom stereocenters. The smallest absolute Gasteiger partial charge is 0.433 e. The molecule has 1 aromatic carbocycles. The number of alkyl halides is 3. The van der Waals surface area contributed by atoms with Gasteiger partial charge in [0.05, 0.1) is 0 Å². The quantitative estimate of drug-likeness (QED) is 0.371. The average Bonchev–Trinajstić information content (AvgIpc) is 3.15. The van der Waals surface area contributed by atoms with Crippen molar-refractivity contribution in [2.45, 2.75) is 54.6 Å². The molecular formula is C19H21F3N2O7S. The van der Waals surface area contributed by atoms with E-state index in [0.717, 1.165) is 10.5 Å². The van der Waals surface area contributed by atoms with E-state index in [0.29, 0.717) is 0 Å². The molecule has 0 amide bonds. The first-order valence-electron chi connectivity index (χ1n) is 9.39. The van der Waals surface area contributed by atoms with Crippen molar-refractivity contribution in [3.05, 3.63) is 41.1 Å². The van der Waals surface area contributed by atoms with Gasteiger partial charge in [0.1, 0.15) is 24.0 Å². The molecule has 32 heavy (non-hydrogen) atoms. The van der Waals surface area contributed by atoms with Crippen molar-refractivity contribution in [2.24, 2.45) is 0 Å². The van der Waals surface area contributed by atoms with Crippen LogP contribution in [0.15, 0.2) is 29.2 Å². The number of thioether (sulfide) groups is 1. The maximum atomic E-state index is 13.5. The summed E-state index contributed by atoms with van der Waals surface area (Å²) < 4.78 is 50.7. The molecule has 2 aromatic rings. The van der Waals surface area contributed by atoms with E-state index >= 15 is 0 Å². The number of benzene rings is 1. The van der Waals surface area contributed by atoms with Crippen LogP contribution in [0.25, 0.3) is 0 Å². The minimum Gasteiger partial charge on any atom is -0.479 e. The fourth-order valence-electron chi connectivity index (χ4n) is 3.27. The van der Waals surface area contributed by atoms with Gasteiger partial charge in [0.15, 0.2) is 6.10 Å². The number of H-pyrrole nitrogens is 1. The van der Waals surface area contributed by atoms with Crippen LogP contribution in [-0.2, 0) is 28.5 Å². The van der Waals surface area contributed by atoms with Gasteiger partial charge >= 0.3 is 12.1 Å². The highest BCUT2D eigenvalue weighted by Crippen LogP contribution is 2.36. The van der Waals surface area contributed by atoms with Gasteiger partial charge < -0.3 is 29.9 Å². The molecule has 0 spiro atoms. The van der Waals surface area contributed by atoms with Crippen molar-refractivity contribution >= 4 is 17.7 Å². The molecule has 1 aliphatic rings. The van der Waals surface area contributed by atoms with E-state index in [4.69, 9.17) is 14.6 Å². The van der Waals surface area contributed by atoms with Gasteiger partial charge in [-0.15, -0.1) is 16.9 Å². The molecule has 176 valence electrons. The molecule has 9 nitrogen and oxygen atoms in total. The van der Waals surface area contributed by atoms with Crippen LogP contribution in [0.1, 0.15) is 16.8 Å². The van der Waals surface area contributed by atoms with Crippen LogP contribution in [0.5, 0.6) is 5.88 Å². The number of aliphatic hydroxyl groups excluding tert-OH is 3. The number of ether oxygens (including phenoxy) is 2. The highest BCUT2D eigenvalue weighted by molar-refractivity contribution is 7.98. The van der Waals surface area contributed by atoms with Gasteiger partial charge in [0.2, 0.25) is 12.2 Å². The van der Waals surface area contributed by atoms with Crippen molar-refractivity contribution in [3.63, 3.8) is 0 Å². The van der Waals surface area contributed by atoms with Gasteiger partial charge in [-0.25, -0.2) is 4.79 Å². The average molecular weight is 478 g/mol. The topological polar surface area (TPSA) is 145 Å². The van der Waals surface area contributed by atoms with E-state index in [1.54, 1.807) is 12.1 Å². The number of rotatable bonds is 7. The third kappa shape index (κ3) is 5.18. The van der Waals surface area contributed by atoms with E-state index in [2.05, 4.69) is 5.10 Å². The third-order valence-electron chi connectivity index (χ3n) is 4.95. The SMILES string of the molecule is CSc1cccc(CCc2c(O[C@@H]3O[C@H](C(=O)O)[C@@H](O)[C@H](O)[C@H]3O)n[nH]c2C(F)(F)F)c1. The molecule has 0 radical (unpaired) electrons. The van der Waals surface area contributed by atoms with Crippen molar-refractivity contribution in [3.8, 4) is 5.88 Å². The minimum atomic E-state index is -4.78. The second-order valence-electron chi connectivity index (χ2n) is 7.08. The van der Waals surface area contributed by atoms with E-state index in [1.807, 2.05) is 23.5 Å². The van der Waals surface area contributed by atoms with Crippen LogP contribution in [0, 0.1) is 0 Å². The molecule has 13 heteroatoms. The first kappa shape index (κ1) is 24.3. The number of aromatic nitrogens is 2. The number of nitrogens with one attached hydrogen (secondary N) is 1. The Kier molecular flexibility index (Phi) is 7.35. The number of hydrogen-bond donors (Lipinski definition) is 5. The highest BCUT2D eigenvalue weighted by atomic mass is 32.2. The molecule has 1 aliphatic heterocycles. The Bertz CT molecular complexity index is 955. The summed E-state index contributed by atoms with van der Waals surface area (Å²) in [5, 5.41) is 44.2. The Balaban J connectivity index is 1.86. The van der Waals surface area contributed by atoms with Crippen LogP contribution in [-0.4, -0.2) is 73.6 Å².